The highest BCUT2D eigenvalue weighted by atomic mass is 16.3. The Hall–Kier alpha value is -0.970. The van der Waals surface area contributed by atoms with Gasteiger partial charge in [-0.25, -0.2) is 0 Å². The van der Waals surface area contributed by atoms with E-state index in [1.54, 1.807) is 6.20 Å². The van der Waals surface area contributed by atoms with Gasteiger partial charge in [-0.2, -0.15) is 0 Å². The van der Waals surface area contributed by atoms with Crippen LogP contribution in [0.3, 0.4) is 0 Å². The smallest absolute Gasteiger partial charge is 0.0610 e. The van der Waals surface area contributed by atoms with E-state index in [0.717, 1.165) is 5.56 Å². The lowest BCUT2D eigenvalue weighted by Crippen LogP contribution is -2.48. The summed E-state index contributed by atoms with van der Waals surface area (Å²) in [5.41, 5.74) is 6.59. The SMILES string of the molecule is CN(C(CN)c1cccnc1)C(C)(C)CO. The average Bonchev–Trinajstić information content (AvgIpc) is 2.31. The van der Waals surface area contributed by atoms with Crippen molar-refractivity contribution in [3.63, 3.8) is 0 Å². The van der Waals surface area contributed by atoms with Gasteiger partial charge in [0.15, 0.2) is 0 Å². The zero-order valence-corrected chi connectivity index (χ0v) is 10.2. The highest BCUT2D eigenvalue weighted by molar-refractivity contribution is 5.15. The zero-order valence-electron chi connectivity index (χ0n) is 10.2. The monoisotopic (exact) mass is 223 g/mol. The number of aliphatic hydroxyl groups excluding tert-OH is 1. The second kappa shape index (κ2) is 5.39. The van der Waals surface area contributed by atoms with Crippen LogP contribution in [0.25, 0.3) is 0 Å². The van der Waals surface area contributed by atoms with Crippen LogP contribution < -0.4 is 5.73 Å². The molecule has 0 aliphatic heterocycles. The van der Waals surface area contributed by atoms with Crippen LogP contribution >= 0.6 is 0 Å². The number of aromatic nitrogens is 1. The molecule has 90 valence electrons. The van der Waals surface area contributed by atoms with Gasteiger partial charge >= 0.3 is 0 Å². The number of hydrogen-bond donors (Lipinski definition) is 2. The average molecular weight is 223 g/mol. The van der Waals surface area contributed by atoms with E-state index < -0.39 is 0 Å². The molecule has 16 heavy (non-hydrogen) atoms. The second-order valence-electron chi connectivity index (χ2n) is 4.62. The Labute approximate surface area is 97.1 Å². The van der Waals surface area contributed by atoms with Gasteiger partial charge in [-0.05, 0) is 32.5 Å². The van der Waals surface area contributed by atoms with Crippen molar-refractivity contribution in [2.75, 3.05) is 20.2 Å². The van der Waals surface area contributed by atoms with Crippen LogP contribution in [0.5, 0.6) is 0 Å². The fourth-order valence-corrected chi connectivity index (χ4v) is 1.62. The number of rotatable bonds is 5. The molecule has 0 spiro atoms. The van der Waals surface area contributed by atoms with Crippen molar-refractivity contribution in [2.24, 2.45) is 5.73 Å². The van der Waals surface area contributed by atoms with Gasteiger partial charge in [-0.1, -0.05) is 6.07 Å². The van der Waals surface area contributed by atoms with Crippen molar-refractivity contribution in [1.82, 2.24) is 9.88 Å². The van der Waals surface area contributed by atoms with Gasteiger partial charge in [-0.15, -0.1) is 0 Å². The zero-order chi connectivity index (χ0) is 12.2. The van der Waals surface area contributed by atoms with Crippen LogP contribution in [0, 0.1) is 0 Å². The van der Waals surface area contributed by atoms with E-state index in [4.69, 9.17) is 5.73 Å². The minimum Gasteiger partial charge on any atom is -0.394 e. The molecule has 0 fully saturated rings. The van der Waals surface area contributed by atoms with Gasteiger partial charge < -0.3 is 10.8 Å². The molecule has 1 rings (SSSR count). The van der Waals surface area contributed by atoms with Gasteiger partial charge in [0, 0.05) is 30.5 Å². The van der Waals surface area contributed by atoms with Gasteiger partial charge in [0.25, 0.3) is 0 Å². The number of hydrogen-bond acceptors (Lipinski definition) is 4. The van der Waals surface area contributed by atoms with Crippen molar-refractivity contribution in [2.45, 2.75) is 25.4 Å². The second-order valence-corrected chi connectivity index (χ2v) is 4.62. The highest BCUT2D eigenvalue weighted by Crippen LogP contribution is 2.24. The molecule has 1 heterocycles. The van der Waals surface area contributed by atoms with Crippen LogP contribution in [-0.2, 0) is 0 Å². The lowest BCUT2D eigenvalue weighted by Gasteiger charge is -2.39. The summed E-state index contributed by atoms with van der Waals surface area (Å²) in [6.07, 6.45) is 3.57. The maximum Gasteiger partial charge on any atom is 0.0610 e. The summed E-state index contributed by atoms with van der Waals surface area (Å²) < 4.78 is 0. The van der Waals surface area contributed by atoms with Crippen molar-refractivity contribution in [1.29, 1.82) is 0 Å². The Morgan fingerprint density at radius 2 is 2.25 bits per heavy atom. The first-order valence-electron chi connectivity index (χ1n) is 5.46. The lowest BCUT2D eigenvalue weighted by atomic mass is 9.99. The summed E-state index contributed by atoms with van der Waals surface area (Å²) >= 11 is 0. The molecule has 0 amide bonds. The largest absolute Gasteiger partial charge is 0.394 e. The first-order valence-corrected chi connectivity index (χ1v) is 5.46. The van der Waals surface area contributed by atoms with Crippen molar-refractivity contribution < 1.29 is 5.11 Å². The molecule has 1 aromatic heterocycles. The molecule has 0 aromatic carbocycles. The fraction of sp³-hybridized carbons (Fsp3) is 0.583. The lowest BCUT2D eigenvalue weighted by molar-refractivity contribution is 0.0469. The van der Waals surface area contributed by atoms with Crippen LogP contribution in [0.4, 0.5) is 0 Å². The maximum absolute atomic E-state index is 9.36. The Bertz CT molecular complexity index is 313. The Balaban J connectivity index is 2.91. The highest BCUT2D eigenvalue weighted by Gasteiger charge is 2.29. The number of nitrogens with zero attached hydrogens (tertiary/aromatic N) is 2. The quantitative estimate of drug-likeness (QED) is 0.774. The van der Waals surface area contributed by atoms with Crippen LogP contribution in [0.2, 0.25) is 0 Å². The Kier molecular flexibility index (Phi) is 4.41. The summed E-state index contributed by atoms with van der Waals surface area (Å²) in [6.45, 7) is 4.59. The molecule has 1 aromatic rings. The predicted octanol–water partition coefficient (Wildman–Crippen LogP) is 0.784. The summed E-state index contributed by atoms with van der Waals surface area (Å²) in [7, 11) is 1.97. The fourth-order valence-electron chi connectivity index (χ4n) is 1.62. The molecule has 0 saturated carbocycles. The van der Waals surface area contributed by atoms with E-state index in [1.807, 2.05) is 39.2 Å². The molecular formula is C12H21N3O. The van der Waals surface area contributed by atoms with E-state index >= 15 is 0 Å². The third kappa shape index (κ3) is 2.78. The van der Waals surface area contributed by atoms with Crippen molar-refractivity contribution in [3.8, 4) is 0 Å². The topological polar surface area (TPSA) is 62.4 Å². The minimum atomic E-state index is -0.292. The molecule has 4 nitrogen and oxygen atoms in total. The van der Waals surface area contributed by atoms with Crippen LogP contribution in [0.15, 0.2) is 24.5 Å². The van der Waals surface area contributed by atoms with E-state index in [2.05, 4.69) is 9.88 Å². The molecule has 0 radical (unpaired) electrons. The molecule has 0 saturated heterocycles. The van der Waals surface area contributed by atoms with E-state index in [-0.39, 0.29) is 18.2 Å². The van der Waals surface area contributed by atoms with E-state index in [0.29, 0.717) is 6.54 Å². The van der Waals surface area contributed by atoms with Crippen molar-refractivity contribution >= 4 is 0 Å². The van der Waals surface area contributed by atoms with Gasteiger partial charge in [0.1, 0.15) is 0 Å². The first kappa shape index (κ1) is 13.1. The first-order chi connectivity index (χ1) is 7.53. The third-order valence-electron chi connectivity index (χ3n) is 3.10. The molecule has 0 aliphatic carbocycles. The normalized spacial score (nSPS) is 14.1. The van der Waals surface area contributed by atoms with Crippen LogP contribution in [0.1, 0.15) is 25.5 Å². The Morgan fingerprint density at radius 1 is 1.56 bits per heavy atom. The van der Waals surface area contributed by atoms with Crippen molar-refractivity contribution in [3.05, 3.63) is 30.1 Å². The predicted molar refractivity (Wildman–Crippen MR) is 65.0 cm³/mol. The van der Waals surface area contributed by atoms with E-state index in [1.165, 1.54) is 0 Å². The molecule has 0 aliphatic rings. The number of aliphatic hydroxyl groups is 1. The standard InChI is InChI=1S/C12H21N3O/c1-12(2,9-16)15(3)11(7-13)10-5-4-6-14-8-10/h4-6,8,11,16H,7,9,13H2,1-3H3. The molecular weight excluding hydrogens is 202 g/mol. The molecule has 0 bridgehead atoms. The number of likely N-dealkylation sites (N-methyl/N-ethyl adjacent to an activating group) is 1. The summed E-state index contributed by atoms with van der Waals surface area (Å²) in [5.74, 6) is 0. The van der Waals surface area contributed by atoms with Crippen LogP contribution in [-0.4, -0.2) is 40.7 Å². The van der Waals surface area contributed by atoms with E-state index in [9.17, 15) is 5.11 Å². The summed E-state index contributed by atoms with van der Waals surface area (Å²) in [6, 6.07) is 3.99. The summed E-state index contributed by atoms with van der Waals surface area (Å²) in [5, 5.41) is 9.36. The maximum atomic E-state index is 9.36. The number of nitrogens with two attached hydrogens (primary N) is 1. The van der Waals surface area contributed by atoms with Gasteiger partial charge in [-0.3, -0.25) is 9.88 Å². The molecule has 1 atom stereocenters. The molecule has 3 N–H and O–H groups in total. The van der Waals surface area contributed by atoms with Gasteiger partial charge in [0.2, 0.25) is 0 Å². The minimum absolute atomic E-state index is 0.0795. The molecule has 4 heteroatoms. The summed E-state index contributed by atoms with van der Waals surface area (Å²) in [4.78, 5) is 6.19. The number of pyridine rings is 1. The third-order valence-corrected chi connectivity index (χ3v) is 3.10. The Morgan fingerprint density at radius 3 is 2.69 bits per heavy atom. The molecule has 1 unspecified atom stereocenters. The van der Waals surface area contributed by atoms with Gasteiger partial charge in [0.05, 0.1) is 6.61 Å².